The number of hydrogen-bond donors (Lipinski definition) is 1. The van der Waals surface area contributed by atoms with Crippen molar-refractivity contribution >= 4 is 11.6 Å². The van der Waals surface area contributed by atoms with Gasteiger partial charge < -0.3 is 14.8 Å². The second kappa shape index (κ2) is 8.12. The van der Waals surface area contributed by atoms with Gasteiger partial charge in [0.2, 0.25) is 0 Å². The molecule has 3 aromatic rings. The Balaban J connectivity index is 1.83. The number of rotatable bonds is 6. The summed E-state index contributed by atoms with van der Waals surface area (Å²) in [5, 5.41) is 7.42. The Kier molecular flexibility index (Phi) is 5.63. The number of nitrogens with one attached hydrogen (secondary N) is 1. The quantitative estimate of drug-likeness (QED) is 0.700. The highest BCUT2D eigenvalue weighted by Crippen LogP contribution is 2.25. The van der Waals surface area contributed by atoms with Gasteiger partial charge in [0.1, 0.15) is 17.3 Å². The summed E-state index contributed by atoms with van der Waals surface area (Å²) in [7, 11) is 3.06. The molecule has 2 aromatic carbocycles. The van der Waals surface area contributed by atoms with E-state index in [1.165, 1.54) is 26.4 Å². The van der Waals surface area contributed by atoms with Crippen LogP contribution in [0, 0.1) is 19.7 Å². The highest BCUT2D eigenvalue weighted by atomic mass is 19.1. The van der Waals surface area contributed by atoms with Crippen molar-refractivity contribution in [2.45, 2.75) is 20.4 Å². The van der Waals surface area contributed by atoms with E-state index in [0.29, 0.717) is 35.0 Å². The molecule has 0 atom stereocenters. The van der Waals surface area contributed by atoms with Crippen LogP contribution in [0.25, 0.3) is 0 Å². The van der Waals surface area contributed by atoms with Gasteiger partial charge in [0.25, 0.3) is 5.91 Å². The van der Waals surface area contributed by atoms with Crippen molar-refractivity contribution in [3.8, 4) is 11.5 Å². The van der Waals surface area contributed by atoms with Gasteiger partial charge in [-0.15, -0.1) is 0 Å². The third-order valence-corrected chi connectivity index (χ3v) is 4.48. The predicted octanol–water partition coefficient (Wildman–Crippen LogP) is 3.96. The van der Waals surface area contributed by atoms with Gasteiger partial charge >= 0.3 is 0 Å². The Morgan fingerprint density at radius 3 is 2.25 bits per heavy atom. The van der Waals surface area contributed by atoms with Crippen LogP contribution in [0.1, 0.15) is 27.3 Å². The largest absolute Gasteiger partial charge is 0.497 e. The maximum absolute atomic E-state index is 13.1. The molecule has 0 aliphatic rings. The lowest BCUT2D eigenvalue weighted by Crippen LogP contribution is -2.13. The minimum atomic E-state index is -0.287. The fourth-order valence-electron chi connectivity index (χ4n) is 2.92. The van der Waals surface area contributed by atoms with Crippen LogP contribution in [0.3, 0.4) is 0 Å². The van der Waals surface area contributed by atoms with E-state index >= 15 is 0 Å². The molecule has 28 heavy (non-hydrogen) atoms. The SMILES string of the molecule is COc1cc(OC)cc(C(=O)Nc2c(C)nn(Cc3ccc(F)cc3)c2C)c1. The number of methoxy groups -OCH3 is 2. The van der Waals surface area contributed by atoms with Crippen molar-refractivity contribution in [1.82, 2.24) is 9.78 Å². The average molecular weight is 383 g/mol. The Labute approximate surface area is 162 Å². The molecule has 0 bridgehead atoms. The van der Waals surface area contributed by atoms with Crippen LogP contribution in [0.5, 0.6) is 11.5 Å². The van der Waals surface area contributed by atoms with Gasteiger partial charge in [-0.3, -0.25) is 9.48 Å². The van der Waals surface area contributed by atoms with E-state index in [1.54, 1.807) is 35.0 Å². The fourth-order valence-corrected chi connectivity index (χ4v) is 2.92. The zero-order valence-electron chi connectivity index (χ0n) is 16.2. The first-order valence-electron chi connectivity index (χ1n) is 8.74. The lowest BCUT2D eigenvalue weighted by molar-refractivity contribution is 0.102. The summed E-state index contributed by atoms with van der Waals surface area (Å²) in [5.74, 6) is 0.499. The summed E-state index contributed by atoms with van der Waals surface area (Å²) in [4.78, 5) is 12.8. The summed E-state index contributed by atoms with van der Waals surface area (Å²) in [6.07, 6.45) is 0. The van der Waals surface area contributed by atoms with Crippen molar-refractivity contribution in [3.63, 3.8) is 0 Å². The fraction of sp³-hybridized carbons (Fsp3) is 0.238. The molecule has 0 radical (unpaired) electrons. The maximum Gasteiger partial charge on any atom is 0.256 e. The number of aryl methyl sites for hydroxylation is 1. The third-order valence-electron chi connectivity index (χ3n) is 4.48. The van der Waals surface area contributed by atoms with E-state index in [9.17, 15) is 9.18 Å². The summed E-state index contributed by atoms with van der Waals surface area (Å²) in [6, 6.07) is 11.3. The van der Waals surface area contributed by atoms with E-state index in [-0.39, 0.29) is 11.7 Å². The smallest absolute Gasteiger partial charge is 0.256 e. The summed E-state index contributed by atoms with van der Waals surface area (Å²) < 4.78 is 25.3. The number of anilines is 1. The first-order valence-corrected chi connectivity index (χ1v) is 8.74. The highest BCUT2D eigenvalue weighted by molar-refractivity contribution is 6.05. The molecule has 1 N–H and O–H groups in total. The number of carbonyl (C=O) groups is 1. The predicted molar refractivity (Wildman–Crippen MR) is 105 cm³/mol. The van der Waals surface area contributed by atoms with Gasteiger partial charge in [-0.2, -0.15) is 5.10 Å². The molecule has 6 nitrogen and oxygen atoms in total. The number of aromatic nitrogens is 2. The number of ether oxygens (including phenoxy) is 2. The normalized spacial score (nSPS) is 10.6. The first-order chi connectivity index (χ1) is 13.4. The topological polar surface area (TPSA) is 65.4 Å². The molecule has 1 heterocycles. The minimum absolute atomic E-state index is 0.279. The molecule has 0 fully saturated rings. The van der Waals surface area contributed by atoms with Crippen LogP contribution in [-0.4, -0.2) is 29.9 Å². The van der Waals surface area contributed by atoms with E-state index in [4.69, 9.17) is 9.47 Å². The lowest BCUT2D eigenvalue weighted by Gasteiger charge is -2.10. The Morgan fingerprint density at radius 2 is 1.68 bits per heavy atom. The molecular formula is C21H22FN3O3. The zero-order chi connectivity index (χ0) is 20.3. The van der Waals surface area contributed by atoms with Crippen molar-refractivity contribution in [1.29, 1.82) is 0 Å². The molecule has 0 saturated carbocycles. The lowest BCUT2D eigenvalue weighted by atomic mass is 10.1. The maximum atomic E-state index is 13.1. The Bertz CT molecular complexity index is 975. The number of amides is 1. The van der Waals surface area contributed by atoms with Crippen molar-refractivity contribution in [3.05, 3.63) is 70.8 Å². The van der Waals surface area contributed by atoms with Crippen LogP contribution in [0.15, 0.2) is 42.5 Å². The van der Waals surface area contributed by atoms with E-state index < -0.39 is 0 Å². The molecule has 0 aliphatic carbocycles. The molecule has 146 valence electrons. The van der Waals surface area contributed by atoms with E-state index in [0.717, 1.165) is 11.3 Å². The number of benzene rings is 2. The van der Waals surface area contributed by atoms with Gasteiger partial charge in [-0.05, 0) is 43.7 Å². The summed E-state index contributed by atoms with van der Waals surface area (Å²) >= 11 is 0. The molecule has 0 saturated heterocycles. The van der Waals surface area contributed by atoms with Gasteiger partial charge in [0.05, 0.1) is 37.8 Å². The molecule has 0 aliphatic heterocycles. The minimum Gasteiger partial charge on any atom is -0.497 e. The first kappa shape index (κ1) is 19.4. The molecule has 1 amide bonds. The molecule has 0 unspecified atom stereocenters. The van der Waals surface area contributed by atoms with Crippen LogP contribution in [0.4, 0.5) is 10.1 Å². The van der Waals surface area contributed by atoms with Crippen LogP contribution in [-0.2, 0) is 6.54 Å². The number of nitrogens with zero attached hydrogens (tertiary/aromatic N) is 2. The van der Waals surface area contributed by atoms with Crippen molar-refractivity contribution in [2.75, 3.05) is 19.5 Å². The van der Waals surface area contributed by atoms with Crippen LogP contribution >= 0.6 is 0 Å². The number of halogens is 1. The standard InChI is InChI=1S/C21H22FN3O3/c1-13-20(14(2)25(24-13)12-15-5-7-17(22)8-6-15)23-21(26)16-9-18(27-3)11-19(10-16)28-4/h5-11H,12H2,1-4H3,(H,23,26). The molecular weight excluding hydrogens is 361 g/mol. The third kappa shape index (κ3) is 4.14. The summed E-state index contributed by atoms with van der Waals surface area (Å²) in [5.41, 5.74) is 3.49. The molecule has 0 spiro atoms. The average Bonchev–Trinajstić information content (AvgIpc) is 2.96. The van der Waals surface area contributed by atoms with Gasteiger partial charge in [0.15, 0.2) is 0 Å². The van der Waals surface area contributed by atoms with Crippen molar-refractivity contribution in [2.24, 2.45) is 0 Å². The Hall–Kier alpha value is -3.35. The second-order valence-corrected chi connectivity index (χ2v) is 6.39. The van der Waals surface area contributed by atoms with E-state index in [2.05, 4.69) is 10.4 Å². The number of hydrogen-bond acceptors (Lipinski definition) is 4. The van der Waals surface area contributed by atoms with Gasteiger partial charge in [-0.25, -0.2) is 4.39 Å². The molecule has 3 rings (SSSR count). The van der Waals surface area contributed by atoms with Crippen molar-refractivity contribution < 1.29 is 18.7 Å². The van der Waals surface area contributed by atoms with Crippen LogP contribution in [0.2, 0.25) is 0 Å². The molecule has 7 heteroatoms. The molecule has 1 aromatic heterocycles. The second-order valence-electron chi connectivity index (χ2n) is 6.39. The van der Waals surface area contributed by atoms with Crippen LogP contribution < -0.4 is 14.8 Å². The Morgan fingerprint density at radius 1 is 1.07 bits per heavy atom. The highest BCUT2D eigenvalue weighted by Gasteiger charge is 2.17. The van der Waals surface area contributed by atoms with Gasteiger partial charge in [0, 0.05) is 11.6 Å². The van der Waals surface area contributed by atoms with Gasteiger partial charge in [-0.1, -0.05) is 12.1 Å². The summed E-state index contributed by atoms with van der Waals surface area (Å²) in [6.45, 7) is 4.19. The van der Waals surface area contributed by atoms with E-state index in [1.807, 2.05) is 13.8 Å². The number of carbonyl (C=O) groups excluding carboxylic acids is 1. The monoisotopic (exact) mass is 383 g/mol. The zero-order valence-corrected chi connectivity index (χ0v) is 16.2.